The molecule has 1 aliphatic rings. The predicted octanol–water partition coefficient (Wildman–Crippen LogP) is 3.13. The number of methoxy groups -OCH3 is 1. The summed E-state index contributed by atoms with van der Waals surface area (Å²) in [4.78, 5) is 14.4. The quantitative estimate of drug-likeness (QED) is 0.758. The summed E-state index contributed by atoms with van der Waals surface area (Å²) in [7, 11) is -0.510. The Hall–Kier alpha value is -1.60. The van der Waals surface area contributed by atoms with Gasteiger partial charge in [0.2, 0.25) is 10.0 Å². The van der Waals surface area contributed by atoms with Gasteiger partial charge in [-0.2, -0.15) is 4.31 Å². The Morgan fingerprint density at radius 2 is 1.85 bits per heavy atom. The van der Waals surface area contributed by atoms with Crippen LogP contribution in [0.4, 0.5) is 0 Å². The van der Waals surface area contributed by atoms with Crippen LogP contribution >= 0.6 is 0 Å². The van der Waals surface area contributed by atoms with Crippen LogP contribution < -0.4 is 4.74 Å². The van der Waals surface area contributed by atoms with Gasteiger partial charge in [0.25, 0.3) is 5.91 Å². The third kappa shape index (κ3) is 4.38. The number of hydrogen-bond donors (Lipinski definition) is 0. The van der Waals surface area contributed by atoms with E-state index in [4.69, 9.17) is 4.74 Å². The molecule has 0 saturated carbocycles. The molecular formula is C19H30N2O4S. The zero-order chi connectivity index (χ0) is 19.3. The van der Waals surface area contributed by atoms with Gasteiger partial charge in [-0.25, -0.2) is 8.42 Å². The molecule has 0 bridgehead atoms. The molecule has 0 spiro atoms. The Morgan fingerprint density at radius 3 is 2.38 bits per heavy atom. The first-order valence-corrected chi connectivity index (χ1v) is 10.7. The van der Waals surface area contributed by atoms with Crippen LogP contribution in [0.25, 0.3) is 0 Å². The number of carbonyl (C=O) groups excluding carboxylic acids is 1. The first-order valence-electron chi connectivity index (χ1n) is 9.28. The molecule has 26 heavy (non-hydrogen) atoms. The van der Waals surface area contributed by atoms with E-state index in [9.17, 15) is 13.2 Å². The van der Waals surface area contributed by atoms with Crippen LogP contribution in [0.2, 0.25) is 0 Å². The topological polar surface area (TPSA) is 66.9 Å². The van der Waals surface area contributed by atoms with E-state index in [0.717, 1.165) is 32.1 Å². The van der Waals surface area contributed by atoms with Crippen molar-refractivity contribution >= 4 is 15.9 Å². The van der Waals surface area contributed by atoms with E-state index in [2.05, 4.69) is 0 Å². The van der Waals surface area contributed by atoms with Crippen molar-refractivity contribution < 1.29 is 17.9 Å². The number of ether oxygens (including phenoxy) is 1. The lowest BCUT2D eigenvalue weighted by molar-refractivity contribution is 0.0740. The maximum Gasteiger partial charge on any atom is 0.253 e. The molecule has 1 aliphatic heterocycles. The summed E-state index contributed by atoms with van der Waals surface area (Å²) in [6.07, 6.45) is 4.63. The molecular weight excluding hydrogens is 352 g/mol. The fraction of sp³-hybridized carbons (Fsp3) is 0.632. The second kappa shape index (κ2) is 8.86. The van der Waals surface area contributed by atoms with Crippen molar-refractivity contribution in [3.05, 3.63) is 23.8 Å². The van der Waals surface area contributed by atoms with E-state index in [0.29, 0.717) is 18.7 Å². The predicted molar refractivity (Wildman–Crippen MR) is 102 cm³/mol. The summed E-state index contributed by atoms with van der Waals surface area (Å²) >= 11 is 0. The third-order valence-electron chi connectivity index (χ3n) is 5.17. The molecule has 1 saturated heterocycles. The van der Waals surface area contributed by atoms with Crippen LogP contribution in [0, 0.1) is 0 Å². The third-order valence-corrected chi connectivity index (χ3v) is 7.09. The minimum absolute atomic E-state index is 0.0744. The van der Waals surface area contributed by atoms with Gasteiger partial charge in [-0.1, -0.05) is 19.8 Å². The van der Waals surface area contributed by atoms with Crippen LogP contribution in [-0.4, -0.2) is 56.8 Å². The van der Waals surface area contributed by atoms with Crippen LogP contribution in [0.1, 0.15) is 56.3 Å². The normalized spacial score (nSPS) is 17.4. The maximum atomic E-state index is 13.2. The molecule has 146 valence electrons. The molecule has 0 aliphatic carbocycles. The number of benzene rings is 1. The Balaban J connectivity index is 2.42. The number of nitrogens with zero attached hydrogens (tertiary/aromatic N) is 2. The fourth-order valence-electron chi connectivity index (χ4n) is 3.11. The van der Waals surface area contributed by atoms with Gasteiger partial charge >= 0.3 is 0 Å². The van der Waals surface area contributed by atoms with Gasteiger partial charge in [0, 0.05) is 31.7 Å². The lowest BCUT2D eigenvalue weighted by Crippen LogP contribution is -2.35. The van der Waals surface area contributed by atoms with Crippen LogP contribution in [-0.2, 0) is 10.0 Å². The first kappa shape index (κ1) is 20.7. The maximum absolute atomic E-state index is 13.2. The molecule has 6 nitrogen and oxygen atoms in total. The molecule has 1 fully saturated rings. The standard InChI is InChI=1S/C19H30N2O4S/c1-5-15(2)20(3)19(22)16-10-11-17(25-4)18(14-16)26(23,24)21-12-8-6-7-9-13-21/h10-11,14-15H,5-9,12-13H2,1-4H3. The molecule has 7 heteroatoms. The molecule has 0 N–H and O–H groups in total. The van der Waals surface area contributed by atoms with Gasteiger partial charge in [-0.3, -0.25) is 4.79 Å². The minimum Gasteiger partial charge on any atom is -0.495 e. The van der Waals surface area contributed by atoms with E-state index in [1.54, 1.807) is 24.1 Å². The fourth-order valence-corrected chi connectivity index (χ4v) is 4.81. The zero-order valence-corrected chi connectivity index (χ0v) is 17.0. The largest absolute Gasteiger partial charge is 0.495 e. The summed E-state index contributed by atoms with van der Waals surface area (Å²) < 4.78 is 33.2. The molecule has 1 amide bonds. The highest BCUT2D eigenvalue weighted by Gasteiger charge is 2.29. The summed E-state index contributed by atoms with van der Waals surface area (Å²) in [5, 5.41) is 0. The summed E-state index contributed by atoms with van der Waals surface area (Å²) in [5.74, 6) is 0.0892. The van der Waals surface area contributed by atoms with Gasteiger partial charge in [0.05, 0.1) is 7.11 Å². The monoisotopic (exact) mass is 382 g/mol. The summed E-state index contributed by atoms with van der Waals surface area (Å²) in [6.45, 7) is 5.00. The molecule has 2 rings (SSSR count). The summed E-state index contributed by atoms with van der Waals surface area (Å²) in [6, 6.07) is 4.74. The number of hydrogen-bond acceptors (Lipinski definition) is 4. The molecule has 1 aromatic carbocycles. The van der Waals surface area contributed by atoms with Crippen molar-refractivity contribution in [1.29, 1.82) is 0 Å². The van der Waals surface area contributed by atoms with E-state index < -0.39 is 10.0 Å². The molecule has 0 radical (unpaired) electrons. The second-order valence-corrected chi connectivity index (χ2v) is 8.76. The highest BCUT2D eigenvalue weighted by molar-refractivity contribution is 7.89. The zero-order valence-electron chi connectivity index (χ0n) is 16.2. The van der Waals surface area contributed by atoms with Crippen molar-refractivity contribution in [3.8, 4) is 5.75 Å². The molecule has 1 unspecified atom stereocenters. The van der Waals surface area contributed by atoms with Crippen molar-refractivity contribution in [1.82, 2.24) is 9.21 Å². The van der Waals surface area contributed by atoms with Crippen LogP contribution in [0.5, 0.6) is 5.75 Å². The van der Waals surface area contributed by atoms with Gasteiger partial charge in [0.1, 0.15) is 10.6 Å². The van der Waals surface area contributed by atoms with E-state index in [1.165, 1.54) is 17.5 Å². The molecule has 1 aromatic rings. The van der Waals surface area contributed by atoms with Crippen molar-refractivity contribution in [2.24, 2.45) is 0 Å². The number of carbonyl (C=O) groups is 1. The van der Waals surface area contributed by atoms with Crippen LogP contribution in [0.3, 0.4) is 0 Å². The molecule has 0 aromatic heterocycles. The van der Waals surface area contributed by atoms with Gasteiger partial charge in [-0.05, 0) is 44.4 Å². The molecule has 1 atom stereocenters. The van der Waals surface area contributed by atoms with Crippen LogP contribution in [0.15, 0.2) is 23.1 Å². The number of rotatable bonds is 6. The van der Waals surface area contributed by atoms with E-state index in [-0.39, 0.29) is 22.6 Å². The SMILES string of the molecule is CCC(C)N(C)C(=O)c1ccc(OC)c(S(=O)(=O)N2CCCCCC2)c1. The molecule has 1 heterocycles. The van der Waals surface area contributed by atoms with Gasteiger partial charge in [0.15, 0.2) is 0 Å². The first-order chi connectivity index (χ1) is 12.3. The Kier molecular flexibility index (Phi) is 7.06. The van der Waals surface area contributed by atoms with E-state index >= 15 is 0 Å². The van der Waals surface area contributed by atoms with Crippen molar-refractivity contribution in [3.63, 3.8) is 0 Å². The van der Waals surface area contributed by atoms with Gasteiger partial charge in [-0.15, -0.1) is 0 Å². The second-order valence-electron chi connectivity index (χ2n) is 6.86. The van der Waals surface area contributed by atoms with E-state index in [1.807, 2.05) is 13.8 Å². The Bertz CT molecular complexity index is 725. The smallest absolute Gasteiger partial charge is 0.253 e. The van der Waals surface area contributed by atoms with Gasteiger partial charge < -0.3 is 9.64 Å². The van der Waals surface area contributed by atoms with Crippen molar-refractivity contribution in [2.45, 2.75) is 56.9 Å². The lowest BCUT2D eigenvalue weighted by Gasteiger charge is -2.25. The average Bonchev–Trinajstić information content (AvgIpc) is 2.95. The van der Waals surface area contributed by atoms with Crippen molar-refractivity contribution in [2.75, 3.05) is 27.2 Å². The summed E-state index contributed by atoms with van der Waals surface area (Å²) in [5.41, 5.74) is 0.363. The Labute approximate surface area is 157 Å². The Morgan fingerprint density at radius 1 is 1.23 bits per heavy atom. The highest BCUT2D eigenvalue weighted by Crippen LogP contribution is 2.30. The average molecular weight is 383 g/mol. The number of sulfonamides is 1. The minimum atomic E-state index is -3.70. The lowest BCUT2D eigenvalue weighted by atomic mass is 10.1. The highest BCUT2D eigenvalue weighted by atomic mass is 32.2. The number of amides is 1.